The van der Waals surface area contributed by atoms with Crippen LogP contribution in [-0.4, -0.2) is 18.0 Å². The first-order valence-electron chi connectivity index (χ1n) is 8.49. The summed E-state index contributed by atoms with van der Waals surface area (Å²) < 4.78 is 31.5. The highest BCUT2D eigenvalue weighted by molar-refractivity contribution is 6.33. The summed E-state index contributed by atoms with van der Waals surface area (Å²) in [4.78, 5) is 24.5. The topological polar surface area (TPSA) is 55.4 Å². The number of hydrogen-bond acceptors (Lipinski definition) is 3. The minimum Gasteiger partial charge on any atom is -0.449 e. The Hall–Kier alpha value is -2.47. The third-order valence-corrected chi connectivity index (χ3v) is 4.56. The smallest absolute Gasteiger partial charge is 0.340 e. The lowest BCUT2D eigenvalue weighted by atomic mass is 9.97. The molecule has 0 saturated heterocycles. The second-order valence-electron chi connectivity index (χ2n) is 6.18. The fraction of sp³-hybridized carbons (Fsp3) is 0.300. The zero-order chi connectivity index (χ0) is 20.1. The van der Waals surface area contributed by atoms with Crippen LogP contribution in [0.15, 0.2) is 36.4 Å². The van der Waals surface area contributed by atoms with E-state index >= 15 is 0 Å². The molecule has 0 heterocycles. The molecular formula is C20H20ClF2NO3. The molecule has 0 fully saturated rings. The molecule has 2 atom stereocenters. The van der Waals surface area contributed by atoms with E-state index in [0.717, 1.165) is 12.0 Å². The summed E-state index contributed by atoms with van der Waals surface area (Å²) >= 11 is 5.75. The molecule has 0 saturated carbocycles. The van der Waals surface area contributed by atoms with Crippen molar-refractivity contribution < 1.29 is 23.1 Å². The number of ether oxygens (including phenoxy) is 1. The average molecular weight is 396 g/mol. The molecule has 144 valence electrons. The van der Waals surface area contributed by atoms with Crippen molar-refractivity contribution in [2.75, 3.05) is 5.32 Å². The lowest BCUT2D eigenvalue weighted by Gasteiger charge is -2.18. The van der Waals surface area contributed by atoms with Gasteiger partial charge in [-0.15, -0.1) is 0 Å². The van der Waals surface area contributed by atoms with Gasteiger partial charge < -0.3 is 10.1 Å². The van der Waals surface area contributed by atoms with Crippen molar-refractivity contribution in [3.05, 3.63) is 64.2 Å². The number of amides is 1. The summed E-state index contributed by atoms with van der Waals surface area (Å²) in [6, 6.07) is 8.68. The Morgan fingerprint density at radius 3 is 2.44 bits per heavy atom. The number of nitrogens with one attached hydrogen (secondary N) is 1. The average Bonchev–Trinajstić information content (AvgIpc) is 2.64. The predicted octanol–water partition coefficient (Wildman–Crippen LogP) is 5.32. The first-order valence-corrected chi connectivity index (χ1v) is 8.87. The molecule has 0 spiro atoms. The molecule has 2 aromatic carbocycles. The molecule has 7 heteroatoms. The van der Waals surface area contributed by atoms with E-state index in [0.29, 0.717) is 17.8 Å². The Balaban J connectivity index is 2.11. The molecule has 2 aromatic rings. The Morgan fingerprint density at radius 1 is 1.15 bits per heavy atom. The minimum absolute atomic E-state index is 0.236. The van der Waals surface area contributed by atoms with Crippen LogP contribution in [-0.2, 0) is 9.53 Å². The number of halogens is 3. The van der Waals surface area contributed by atoms with Crippen LogP contribution in [0, 0.1) is 11.6 Å². The highest BCUT2D eigenvalue weighted by atomic mass is 35.5. The summed E-state index contributed by atoms with van der Waals surface area (Å²) in [5, 5.41) is 2.44. The van der Waals surface area contributed by atoms with Crippen molar-refractivity contribution in [1.82, 2.24) is 0 Å². The number of para-hydroxylation sites is 1. The molecule has 27 heavy (non-hydrogen) atoms. The standard InChI is InChI=1S/C20H20ClF2NO3/c1-4-11(2)13-7-5-6-8-18(13)24-19(25)12(3)27-20(26)14-9-16(22)17(23)10-15(14)21/h5-12H,4H2,1-3H3,(H,24,25)/t11-,12-/m1/s1. The molecule has 4 nitrogen and oxygen atoms in total. The Bertz CT molecular complexity index is 857. The maximum absolute atomic E-state index is 13.3. The van der Waals surface area contributed by atoms with Crippen LogP contribution in [0.3, 0.4) is 0 Å². The van der Waals surface area contributed by atoms with Crippen LogP contribution in [0.25, 0.3) is 0 Å². The van der Waals surface area contributed by atoms with Crippen molar-refractivity contribution in [2.45, 2.75) is 39.2 Å². The lowest BCUT2D eigenvalue weighted by molar-refractivity contribution is -0.123. The van der Waals surface area contributed by atoms with Crippen LogP contribution in [0.2, 0.25) is 5.02 Å². The monoisotopic (exact) mass is 395 g/mol. The zero-order valence-corrected chi connectivity index (χ0v) is 15.9. The second-order valence-corrected chi connectivity index (χ2v) is 6.59. The van der Waals surface area contributed by atoms with Crippen molar-refractivity contribution in [3.8, 4) is 0 Å². The molecule has 0 aromatic heterocycles. The first-order chi connectivity index (χ1) is 12.7. The van der Waals surface area contributed by atoms with Gasteiger partial charge in [-0.25, -0.2) is 13.6 Å². The van der Waals surface area contributed by atoms with E-state index in [9.17, 15) is 18.4 Å². The molecule has 1 amide bonds. The van der Waals surface area contributed by atoms with Crippen LogP contribution >= 0.6 is 11.6 Å². The van der Waals surface area contributed by atoms with Gasteiger partial charge in [-0.2, -0.15) is 0 Å². The maximum Gasteiger partial charge on any atom is 0.340 e. The number of carbonyl (C=O) groups is 2. The van der Waals surface area contributed by atoms with Crippen molar-refractivity contribution in [2.24, 2.45) is 0 Å². The Kier molecular flexibility index (Phi) is 6.91. The molecule has 1 N–H and O–H groups in total. The highest BCUT2D eigenvalue weighted by Crippen LogP contribution is 2.27. The van der Waals surface area contributed by atoms with Gasteiger partial charge in [0.1, 0.15) is 0 Å². The highest BCUT2D eigenvalue weighted by Gasteiger charge is 2.23. The van der Waals surface area contributed by atoms with E-state index in [1.807, 2.05) is 26.0 Å². The molecule has 2 rings (SSSR count). The molecule has 0 aliphatic carbocycles. The molecule has 0 bridgehead atoms. The van der Waals surface area contributed by atoms with E-state index in [1.165, 1.54) is 6.92 Å². The number of hydrogen-bond donors (Lipinski definition) is 1. The van der Waals surface area contributed by atoms with Gasteiger partial charge in [0.2, 0.25) is 0 Å². The summed E-state index contributed by atoms with van der Waals surface area (Å²) in [5.74, 6) is -3.73. The van der Waals surface area contributed by atoms with Crippen molar-refractivity contribution in [1.29, 1.82) is 0 Å². The molecular weight excluding hydrogens is 376 g/mol. The third-order valence-electron chi connectivity index (χ3n) is 4.24. The van der Waals surface area contributed by atoms with Crippen LogP contribution < -0.4 is 5.32 Å². The number of benzene rings is 2. The fourth-order valence-corrected chi connectivity index (χ4v) is 2.68. The van der Waals surface area contributed by atoms with Crippen molar-refractivity contribution in [3.63, 3.8) is 0 Å². The van der Waals surface area contributed by atoms with Gasteiger partial charge in [-0.3, -0.25) is 4.79 Å². The summed E-state index contributed by atoms with van der Waals surface area (Å²) in [6.45, 7) is 5.46. The minimum atomic E-state index is -1.23. The number of rotatable bonds is 6. The van der Waals surface area contributed by atoms with Gasteiger partial charge in [0.25, 0.3) is 5.91 Å². The van der Waals surface area contributed by atoms with Crippen LogP contribution in [0.5, 0.6) is 0 Å². The van der Waals surface area contributed by atoms with Gasteiger partial charge in [0.15, 0.2) is 17.7 Å². The summed E-state index contributed by atoms with van der Waals surface area (Å²) in [6.07, 6.45) is -0.266. The lowest BCUT2D eigenvalue weighted by Crippen LogP contribution is -2.30. The Morgan fingerprint density at radius 2 is 1.78 bits per heavy atom. The van der Waals surface area contributed by atoms with E-state index in [1.54, 1.807) is 12.1 Å². The molecule has 0 aliphatic heterocycles. The molecule has 0 radical (unpaired) electrons. The zero-order valence-electron chi connectivity index (χ0n) is 15.2. The third kappa shape index (κ3) is 5.04. The van der Waals surface area contributed by atoms with E-state index < -0.39 is 29.6 Å². The van der Waals surface area contributed by atoms with E-state index in [2.05, 4.69) is 5.32 Å². The summed E-state index contributed by atoms with van der Waals surface area (Å²) in [7, 11) is 0. The van der Waals surface area contributed by atoms with Crippen LogP contribution in [0.4, 0.5) is 14.5 Å². The molecule has 0 unspecified atom stereocenters. The number of carbonyl (C=O) groups excluding carboxylic acids is 2. The van der Waals surface area contributed by atoms with E-state index in [-0.39, 0.29) is 16.5 Å². The van der Waals surface area contributed by atoms with Gasteiger partial charge >= 0.3 is 5.97 Å². The van der Waals surface area contributed by atoms with Gasteiger partial charge in [-0.05, 0) is 43.0 Å². The predicted molar refractivity (Wildman–Crippen MR) is 100 cm³/mol. The SMILES string of the molecule is CC[C@@H](C)c1ccccc1NC(=O)[C@@H](C)OC(=O)c1cc(F)c(F)cc1Cl. The van der Waals surface area contributed by atoms with Crippen LogP contribution in [0.1, 0.15) is 49.0 Å². The largest absolute Gasteiger partial charge is 0.449 e. The number of esters is 1. The van der Waals surface area contributed by atoms with Gasteiger partial charge in [0.05, 0.1) is 10.6 Å². The van der Waals surface area contributed by atoms with Gasteiger partial charge in [-0.1, -0.05) is 43.6 Å². The van der Waals surface area contributed by atoms with Crippen molar-refractivity contribution >= 4 is 29.2 Å². The maximum atomic E-state index is 13.3. The molecule has 0 aliphatic rings. The first kappa shape index (κ1) is 20.8. The Labute approximate surface area is 161 Å². The normalized spacial score (nSPS) is 13.0. The quantitative estimate of drug-likeness (QED) is 0.532. The summed E-state index contributed by atoms with van der Waals surface area (Å²) in [5.41, 5.74) is 1.25. The van der Waals surface area contributed by atoms with Gasteiger partial charge in [0, 0.05) is 5.69 Å². The van der Waals surface area contributed by atoms with E-state index in [4.69, 9.17) is 16.3 Å². The second kappa shape index (κ2) is 8.95. The fourth-order valence-electron chi connectivity index (χ4n) is 2.45. The number of anilines is 1.